The highest BCUT2D eigenvalue weighted by molar-refractivity contribution is 7.22. The van der Waals surface area contributed by atoms with Crippen LogP contribution in [-0.2, 0) is 16.0 Å². The fourth-order valence-electron chi connectivity index (χ4n) is 5.27. The molecule has 0 radical (unpaired) electrons. The summed E-state index contributed by atoms with van der Waals surface area (Å²) in [4.78, 5) is 33.3. The molecule has 4 aromatic rings. The van der Waals surface area contributed by atoms with Crippen LogP contribution in [0, 0.1) is 0 Å². The van der Waals surface area contributed by atoms with Gasteiger partial charge in [-0.1, -0.05) is 36.8 Å². The number of fused-ring (bicyclic) bond motifs is 2. The van der Waals surface area contributed by atoms with Gasteiger partial charge in [-0.05, 0) is 73.0 Å². The van der Waals surface area contributed by atoms with E-state index in [0.29, 0.717) is 46.3 Å². The van der Waals surface area contributed by atoms with E-state index in [2.05, 4.69) is 6.92 Å². The van der Waals surface area contributed by atoms with Gasteiger partial charge in [-0.3, -0.25) is 14.5 Å². The van der Waals surface area contributed by atoms with Crippen molar-refractivity contribution in [3.63, 3.8) is 0 Å². The molecule has 1 aromatic heterocycles. The number of anilines is 1. The molecule has 1 saturated heterocycles. The Kier molecular flexibility index (Phi) is 7.13. The zero-order valence-electron chi connectivity index (χ0n) is 23.0. The van der Waals surface area contributed by atoms with Gasteiger partial charge in [0.1, 0.15) is 29.1 Å². The molecule has 0 aliphatic carbocycles. The van der Waals surface area contributed by atoms with Gasteiger partial charge in [0.05, 0.1) is 35.5 Å². The van der Waals surface area contributed by atoms with Crippen LogP contribution in [0.25, 0.3) is 16.0 Å². The van der Waals surface area contributed by atoms with E-state index in [4.69, 9.17) is 19.2 Å². The maximum atomic E-state index is 13.6. The number of nitrogens with zero attached hydrogens (tertiary/aromatic N) is 2. The summed E-state index contributed by atoms with van der Waals surface area (Å²) in [6, 6.07) is 17.2. The molecule has 41 heavy (non-hydrogen) atoms. The largest absolute Gasteiger partial charge is 0.507 e. The molecular formula is C32H30N2O6S. The summed E-state index contributed by atoms with van der Waals surface area (Å²) in [6.07, 6.45) is 2.69. The van der Waals surface area contributed by atoms with Gasteiger partial charge in [0.25, 0.3) is 5.78 Å². The second-order valence-electron chi connectivity index (χ2n) is 10.2. The van der Waals surface area contributed by atoms with Crippen LogP contribution < -0.4 is 19.1 Å². The molecule has 8 nitrogen and oxygen atoms in total. The number of ketones is 1. The van der Waals surface area contributed by atoms with Crippen LogP contribution in [0.3, 0.4) is 0 Å². The number of rotatable bonds is 8. The lowest BCUT2D eigenvalue weighted by Crippen LogP contribution is -2.29. The summed E-state index contributed by atoms with van der Waals surface area (Å²) >= 11 is 1.29. The minimum absolute atomic E-state index is 0.0124. The zero-order chi connectivity index (χ0) is 28.7. The van der Waals surface area contributed by atoms with Crippen LogP contribution in [0.1, 0.15) is 49.4 Å². The van der Waals surface area contributed by atoms with Crippen molar-refractivity contribution in [1.29, 1.82) is 0 Å². The molecule has 210 valence electrons. The molecule has 0 spiro atoms. The number of thiazole rings is 1. The molecule has 2 atom stereocenters. The Hall–Kier alpha value is -4.37. The summed E-state index contributed by atoms with van der Waals surface area (Å²) < 4.78 is 17.8. The van der Waals surface area contributed by atoms with Crippen LogP contribution in [0.5, 0.6) is 17.2 Å². The highest BCUT2D eigenvalue weighted by Gasteiger charge is 2.48. The minimum atomic E-state index is -0.884. The molecule has 0 bridgehead atoms. The van der Waals surface area contributed by atoms with E-state index in [-0.39, 0.29) is 17.4 Å². The second kappa shape index (κ2) is 10.9. The predicted molar refractivity (Wildman–Crippen MR) is 158 cm³/mol. The summed E-state index contributed by atoms with van der Waals surface area (Å²) in [5.41, 5.74) is 2.75. The lowest BCUT2D eigenvalue weighted by Gasteiger charge is -2.23. The molecule has 1 N–H and O–H groups in total. The van der Waals surface area contributed by atoms with Crippen molar-refractivity contribution in [2.75, 3.05) is 18.6 Å². The minimum Gasteiger partial charge on any atom is -0.507 e. The van der Waals surface area contributed by atoms with Gasteiger partial charge in [-0.15, -0.1) is 0 Å². The van der Waals surface area contributed by atoms with Crippen LogP contribution in [-0.4, -0.2) is 41.6 Å². The van der Waals surface area contributed by atoms with Crippen molar-refractivity contribution >= 4 is 44.1 Å². The molecule has 2 aliphatic heterocycles. The Morgan fingerprint density at radius 3 is 2.63 bits per heavy atom. The molecule has 3 aromatic carbocycles. The van der Waals surface area contributed by atoms with E-state index in [0.717, 1.165) is 28.9 Å². The molecule has 3 heterocycles. The van der Waals surface area contributed by atoms with Gasteiger partial charge >= 0.3 is 5.91 Å². The van der Waals surface area contributed by atoms with Gasteiger partial charge in [0.2, 0.25) is 0 Å². The summed E-state index contributed by atoms with van der Waals surface area (Å²) in [7, 11) is 1.59. The van der Waals surface area contributed by atoms with Crippen LogP contribution >= 0.6 is 11.3 Å². The number of hydrogen-bond donors (Lipinski definition) is 1. The van der Waals surface area contributed by atoms with E-state index in [1.54, 1.807) is 25.3 Å². The highest BCUT2D eigenvalue weighted by Crippen LogP contribution is 2.45. The Morgan fingerprint density at radius 2 is 1.88 bits per heavy atom. The first kappa shape index (κ1) is 26.8. The van der Waals surface area contributed by atoms with Crippen molar-refractivity contribution in [3.05, 3.63) is 82.9 Å². The van der Waals surface area contributed by atoms with Crippen LogP contribution in [0.15, 0.2) is 66.2 Å². The van der Waals surface area contributed by atoms with Gasteiger partial charge in [0, 0.05) is 12.0 Å². The summed E-state index contributed by atoms with van der Waals surface area (Å²) in [5, 5.41) is 11.9. The molecule has 6 rings (SSSR count). The first-order valence-corrected chi connectivity index (χ1v) is 14.5. The topological polar surface area (TPSA) is 98.2 Å². The molecule has 1 amide bonds. The maximum absolute atomic E-state index is 13.6. The quantitative estimate of drug-likeness (QED) is 0.113. The SMILES string of the molecule is CCCCOc1ccc(C2/C(=C(/O)c3ccc4c(c3)CC(C)O4)C(=O)C(=O)N2c2nc3ccc(OC)cc3s2)cc1. The van der Waals surface area contributed by atoms with Crippen molar-refractivity contribution in [3.8, 4) is 17.2 Å². The smallest absolute Gasteiger partial charge is 0.301 e. The highest BCUT2D eigenvalue weighted by atomic mass is 32.1. The third kappa shape index (κ3) is 4.91. The standard InChI is InChI=1S/C32H30N2O6S/c1-4-5-14-39-22-9-6-19(7-10-22)28-27(29(35)20-8-13-25-21(16-20)15-18(2)40-25)30(36)31(37)34(28)32-33-24-12-11-23(38-3)17-26(24)41-32/h6-13,16-18,28,35H,4-5,14-15H2,1-3H3/b29-27-. The van der Waals surface area contributed by atoms with Gasteiger partial charge < -0.3 is 19.3 Å². The van der Waals surface area contributed by atoms with E-state index < -0.39 is 17.7 Å². The predicted octanol–water partition coefficient (Wildman–Crippen LogP) is 6.43. The van der Waals surface area contributed by atoms with Crippen molar-refractivity contribution < 1.29 is 28.9 Å². The lowest BCUT2D eigenvalue weighted by molar-refractivity contribution is -0.132. The number of aliphatic hydroxyl groups excluding tert-OH is 1. The number of aromatic nitrogens is 1. The van der Waals surface area contributed by atoms with E-state index in [1.165, 1.54) is 16.2 Å². The first-order valence-electron chi connectivity index (χ1n) is 13.7. The van der Waals surface area contributed by atoms with E-state index in [1.807, 2.05) is 49.4 Å². The monoisotopic (exact) mass is 570 g/mol. The Morgan fingerprint density at radius 1 is 1.10 bits per heavy atom. The number of ether oxygens (including phenoxy) is 3. The number of methoxy groups -OCH3 is 1. The summed E-state index contributed by atoms with van der Waals surface area (Å²) in [6.45, 7) is 4.68. The number of benzene rings is 3. The number of unbranched alkanes of at least 4 members (excludes halogenated alkanes) is 1. The first-order chi connectivity index (χ1) is 19.9. The van der Waals surface area contributed by atoms with Gasteiger partial charge in [0.15, 0.2) is 5.13 Å². The second-order valence-corrected chi connectivity index (χ2v) is 11.2. The van der Waals surface area contributed by atoms with Gasteiger partial charge in [-0.2, -0.15) is 0 Å². The average Bonchev–Trinajstić information content (AvgIpc) is 3.64. The molecule has 2 unspecified atom stereocenters. The molecular weight excluding hydrogens is 540 g/mol. The molecule has 0 saturated carbocycles. The van der Waals surface area contributed by atoms with Gasteiger partial charge in [-0.25, -0.2) is 4.98 Å². The number of carbonyl (C=O) groups is 2. The van der Waals surface area contributed by atoms with Crippen LogP contribution in [0.2, 0.25) is 0 Å². The van der Waals surface area contributed by atoms with Crippen molar-refractivity contribution in [2.45, 2.75) is 45.3 Å². The Labute approximate surface area is 241 Å². The number of amides is 1. The van der Waals surface area contributed by atoms with Crippen molar-refractivity contribution in [1.82, 2.24) is 4.98 Å². The van der Waals surface area contributed by atoms with E-state index in [9.17, 15) is 14.7 Å². The molecule has 1 fully saturated rings. The third-order valence-corrected chi connectivity index (χ3v) is 8.38. The maximum Gasteiger partial charge on any atom is 0.301 e. The fourth-order valence-corrected chi connectivity index (χ4v) is 6.29. The van der Waals surface area contributed by atoms with Crippen molar-refractivity contribution in [2.24, 2.45) is 0 Å². The molecule has 2 aliphatic rings. The number of aliphatic hydroxyl groups is 1. The average molecular weight is 571 g/mol. The number of Topliss-reactive ketones (excluding diaryl/α,β-unsaturated/α-hetero) is 1. The van der Waals surface area contributed by atoms with E-state index >= 15 is 0 Å². The van der Waals surface area contributed by atoms with Crippen LogP contribution in [0.4, 0.5) is 5.13 Å². The zero-order valence-corrected chi connectivity index (χ0v) is 23.9. The number of carbonyl (C=O) groups excluding carboxylic acids is 2. The molecule has 9 heteroatoms. The normalized spacial score (nSPS) is 19.4. The fraction of sp³-hybridized carbons (Fsp3) is 0.281. The Bertz CT molecular complexity index is 1680. The number of hydrogen-bond acceptors (Lipinski definition) is 8. The summed E-state index contributed by atoms with van der Waals surface area (Å²) in [5.74, 6) is 0.374. The Balaban J connectivity index is 1.47. The lowest BCUT2D eigenvalue weighted by atomic mass is 9.94. The third-order valence-electron chi connectivity index (χ3n) is 7.37.